The minimum Gasteiger partial charge on any atom is -0.248 e. The van der Waals surface area contributed by atoms with E-state index in [-0.39, 0.29) is 0 Å². The predicted molar refractivity (Wildman–Crippen MR) is 101 cm³/mol. The lowest BCUT2D eigenvalue weighted by atomic mass is 10.1. The molecule has 0 saturated carbocycles. The summed E-state index contributed by atoms with van der Waals surface area (Å²) in [5, 5.41) is 7.48. The first kappa shape index (κ1) is 18.2. The summed E-state index contributed by atoms with van der Waals surface area (Å²) in [5.41, 5.74) is 3.52. The van der Waals surface area contributed by atoms with Crippen molar-refractivity contribution in [1.29, 1.82) is 0 Å². The molecule has 3 N–H and O–H groups in total. The molecule has 0 radical (unpaired) electrons. The highest BCUT2D eigenvalue weighted by Gasteiger charge is 2.06. The molecule has 0 aliphatic heterocycles. The van der Waals surface area contributed by atoms with Crippen molar-refractivity contribution < 1.29 is 4.21 Å². The molecule has 2 aromatic rings. The van der Waals surface area contributed by atoms with E-state index in [4.69, 9.17) is 5.14 Å². The molecule has 0 spiro atoms. The number of aromatic nitrogens is 2. The number of fused-ring (bicyclic) bond motifs is 1. The number of nitrogens with one attached hydrogen (secondary N) is 1. The van der Waals surface area contributed by atoms with Crippen LogP contribution in [0.4, 0.5) is 0 Å². The van der Waals surface area contributed by atoms with E-state index in [1.165, 1.54) is 11.1 Å². The van der Waals surface area contributed by atoms with Gasteiger partial charge in [-0.2, -0.15) is 0 Å². The van der Waals surface area contributed by atoms with E-state index in [9.17, 15) is 4.21 Å². The van der Waals surface area contributed by atoms with Gasteiger partial charge >= 0.3 is 0 Å². The Labute approximate surface area is 142 Å². The van der Waals surface area contributed by atoms with E-state index in [0.29, 0.717) is 6.54 Å². The van der Waals surface area contributed by atoms with Crippen molar-refractivity contribution in [3.05, 3.63) is 29.6 Å². The molecule has 2 rings (SSSR count). The second kappa shape index (κ2) is 8.10. The van der Waals surface area contributed by atoms with Gasteiger partial charge in [0, 0.05) is 11.9 Å². The highest BCUT2D eigenvalue weighted by molar-refractivity contribution is 7.99. The van der Waals surface area contributed by atoms with E-state index in [0.717, 1.165) is 40.9 Å². The van der Waals surface area contributed by atoms with Crippen LogP contribution in [0, 0.1) is 13.8 Å². The molecule has 126 valence electrons. The second-order valence-corrected chi connectivity index (χ2v) is 8.49. The van der Waals surface area contributed by atoms with Crippen molar-refractivity contribution in [3.63, 3.8) is 0 Å². The Balaban J connectivity index is 1.84. The molecule has 0 bridgehead atoms. The fraction of sp³-hybridized carbons (Fsp3) is 0.438. The predicted octanol–water partition coefficient (Wildman–Crippen LogP) is 2.60. The maximum Gasteiger partial charge on any atom is 0.117 e. The topological polar surface area (TPSA) is 80.9 Å². The number of unbranched alkanes of at least 4 members (excludes halogenated alkanes) is 2. The minimum atomic E-state index is -2.56. The Morgan fingerprint density at radius 1 is 1.22 bits per heavy atom. The molecule has 1 atom stereocenters. The van der Waals surface area contributed by atoms with Gasteiger partial charge in [-0.25, -0.2) is 24.0 Å². The summed E-state index contributed by atoms with van der Waals surface area (Å²) in [5.74, 6) is 4.36. The lowest BCUT2D eigenvalue weighted by Crippen LogP contribution is -2.31. The van der Waals surface area contributed by atoms with Crippen molar-refractivity contribution in [2.45, 2.75) is 38.1 Å². The van der Waals surface area contributed by atoms with Gasteiger partial charge in [-0.15, -0.1) is 11.8 Å². The quantitative estimate of drug-likeness (QED) is 0.331. The highest BCUT2D eigenvalue weighted by Crippen LogP contribution is 2.27. The number of hydrogen-bond donors (Lipinski definition) is 2. The number of benzene rings is 1. The van der Waals surface area contributed by atoms with Gasteiger partial charge in [-0.05, 0) is 61.6 Å². The van der Waals surface area contributed by atoms with Crippen LogP contribution in [0.15, 0.2) is 23.5 Å². The van der Waals surface area contributed by atoms with E-state index < -0.39 is 9.89 Å². The van der Waals surface area contributed by atoms with Gasteiger partial charge in [0.1, 0.15) is 11.4 Å². The summed E-state index contributed by atoms with van der Waals surface area (Å²) < 4.78 is 13.9. The van der Waals surface area contributed by atoms with Gasteiger partial charge in [-0.1, -0.05) is 6.42 Å². The maximum atomic E-state index is 11.2. The molecule has 1 unspecified atom stereocenters. The molecule has 0 fully saturated rings. The number of aryl methyl sites for hydroxylation is 2. The van der Waals surface area contributed by atoms with E-state index >= 15 is 0 Å². The van der Waals surface area contributed by atoms with Gasteiger partial charge in [0.15, 0.2) is 0 Å². The fourth-order valence-corrected chi connectivity index (χ4v) is 3.70. The number of thioether (sulfide) groups is 1. The highest BCUT2D eigenvalue weighted by atomic mass is 32.2. The summed E-state index contributed by atoms with van der Waals surface area (Å²) in [7, 11) is -2.56. The average Bonchev–Trinajstić information content (AvgIpc) is 2.47. The largest absolute Gasteiger partial charge is 0.248 e. The summed E-state index contributed by atoms with van der Waals surface area (Å²) >= 11 is 1.76. The van der Waals surface area contributed by atoms with Gasteiger partial charge in [0.05, 0.1) is 15.4 Å². The zero-order valence-electron chi connectivity index (χ0n) is 13.7. The summed E-state index contributed by atoms with van der Waals surface area (Å²) in [6, 6.07) is 4.29. The minimum absolute atomic E-state index is 0.637. The molecular formula is C16H24N4OS2. The Morgan fingerprint density at radius 3 is 2.70 bits per heavy atom. The van der Waals surface area contributed by atoms with Crippen LogP contribution in [-0.2, 0) is 9.89 Å². The van der Waals surface area contributed by atoms with Crippen molar-refractivity contribution in [2.24, 2.45) is 5.14 Å². The third-order valence-corrected chi connectivity index (χ3v) is 5.40. The van der Waals surface area contributed by atoms with Crippen LogP contribution in [0.25, 0.3) is 10.9 Å². The summed E-state index contributed by atoms with van der Waals surface area (Å²) in [6.45, 7) is 4.85. The lowest BCUT2D eigenvalue weighted by molar-refractivity contribution is 0.657. The summed E-state index contributed by atoms with van der Waals surface area (Å²) in [6.07, 6.45) is 4.70. The van der Waals surface area contributed by atoms with Crippen molar-refractivity contribution in [1.82, 2.24) is 14.7 Å². The van der Waals surface area contributed by atoms with Crippen LogP contribution in [0.2, 0.25) is 0 Å². The molecule has 0 saturated heterocycles. The number of rotatable bonds is 8. The Bertz CT molecular complexity index is 775. The van der Waals surface area contributed by atoms with E-state index in [1.54, 1.807) is 18.1 Å². The number of nitrogens with zero attached hydrogens (tertiary/aromatic N) is 2. The summed E-state index contributed by atoms with van der Waals surface area (Å²) in [4.78, 5) is 8.78. The molecule has 5 nitrogen and oxygen atoms in total. The normalized spacial score (nSPS) is 14.0. The Kier molecular flexibility index (Phi) is 6.41. The molecule has 0 amide bonds. The van der Waals surface area contributed by atoms with Crippen LogP contribution in [0.3, 0.4) is 0 Å². The molecule has 1 aromatic heterocycles. The fourth-order valence-electron chi connectivity index (χ4n) is 2.22. The third-order valence-electron chi connectivity index (χ3n) is 3.62. The van der Waals surface area contributed by atoms with Crippen molar-refractivity contribution in [2.75, 3.05) is 12.3 Å². The molecular weight excluding hydrogens is 328 g/mol. The molecule has 0 aliphatic rings. The van der Waals surface area contributed by atoms with E-state index in [1.807, 2.05) is 0 Å². The molecule has 1 heterocycles. The first-order valence-corrected chi connectivity index (χ1v) is 10.4. The second-order valence-electron chi connectivity index (χ2n) is 5.66. The first-order chi connectivity index (χ1) is 10.9. The SMILES string of the molecule is C=S(N)(=O)NCCCCCSc1ncnc2cc(C)c(C)cc12. The molecule has 1 aromatic carbocycles. The third kappa shape index (κ3) is 5.76. The van der Waals surface area contributed by atoms with Crippen LogP contribution in [-0.4, -0.2) is 32.3 Å². The first-order valence-electron chi connectivity index (χ1n) is 7.61. The van der Waals surface area contributed by atoms with Crippen molar-refractivity contribution in [3.8, 4) is 0 Å². The van der Waals surface area contributed by atoms with Crippen LogP contribution < -0.4 is 9.86 Å². The smallest absolute Gasteiger partial charge is 0.117 e. The Hall–Kier alpha value is -1.15. The van der Waals surface area contributed by atoms with Crippen LogP contribution in [0.1, 0.15) is 30.4 Å². The molecule has 23 heavy (non-hydrogen) atoms. The monoisotopic (exact) mass is 352 g/mol. The van der Waals surface area contributed by atoms with Crippen LogP contribution >= 0.6 is 11.8 Å². The van der Waals surface area contributed by atoms with E-state index in [2.05, 4.69) is 46.5 Å². The number of nitrogens with two attached hydrogens (primary N) is 1. The van der Waals surface area contributed by atoms with Crippen molar-refractivity contribution >= 4 is 38.4 Å². The number of hydrogen-bond acceptors (Lipinski definition) is 4. The Morgan fingerprint density at radius 2 is 1.96 bits per heavy atom. The average molecular weight is 353 g/mol. The van der Waals surface area contributed by atoms with Gasteiger partial charge in [-0.3, -0.25) is 0 Å². The van der Waals surface area contributed by atoms with Crippen LogP contribution in [0.5, 0.6) is 0 Å². The zero-order chi connectivity index (χ0) is 16.9. The molecule has 7 heteroatoms. The van der Waals surface area contributed by atoms with Gasteiger partial charge in [0.2, 0.25) is 0 Å². The lowest BCUT2D eigenvalue weighted by Gasteiger charge is -2.08. The van der Waals surface area contributed by atoms with Gasteiger partial charge < -0.3 is 0 Å². The molecule has 0 aliphatic carbocycles. The standard InChI is InChI=1S/C16H24N4OS2/c1-12-9-14-15(10-13(12)2)18-11-19-16(14)22-8-6-4-5-7-20-23(3,17)21/h9-11H,3-8H2,1-2H3,(H3,17,20,21). The van der Waals surface area contributed by atoms with Gasteiger partial charge in [0.25, 0.3) is 0 Å². The zero-order valence-corrected chi connectivity index (χ0v) is 15.3. The maximum absolute atomic E-state index is 11.2.